The van der Waals surface area contributed by atoms with Gasteiger partial charge in [-0.25, -0.2) is 4.98 Å². The minimum absolute atomic E-state index is 0.000229. The van der Waals surface area contributed by atoms with Crippen LogP contribution in [0.5, 0.6) is 5.75 Å². The molecule has 1 fully saturated rings. The number of hydrogen-bond donors (Lipinski definition) is 3. The number of likely N-dealkylation sites (tertiary alicyclic amines) is 1. The summed E-state index contributed by atoms with van der Waals surface area (Å²) >= 11 is 0. The van der Waals surface area contributed by atoms with Gasteiger partial charge in [-0.15, -0.1) is 10.2 Å². The number of alkyl halides is 3. The number of carboxylic acids is 1. The predicted octanol–water partition coefficient (Wildman–Crippen LogP) is 2.53. The van der Waals surface area contributed by atoms with Crippen LogP contribution in [0.25, 0.3) is 11.4 Å². The predicted molar refractivity (Wildman–Crippen MR) is 97.4 cm³/mol. The topological polar surface area (TPSA) is 111 Å². The summed E-state index contributed by atoms with van der Waals surface area (Å²) in [7, 11) is 0. The van der Waals surface area contributed by atoms with Gasteiger partial charge in [-0.05, 0) is 44.0 Å². The Labute approximate surface area is 164 Å². The average Bonchev–Trinajstić information content (AvgIpc) is 2.61. The number of rotatable bonds is 5. The number of halogens is 3. The smallest absolute Gasteiger partial charge is 0.418 e. The fraction of sp³-hybridized carbons (Fsp3) is 0.444. The van der Waals surface area contributed by atoms with Crippen molar-refractivity contribution in [3.8, 4) is 17.1 Å². The molecule has 3 rings (SSSR count). The monoisotopic (exact) mass is 411 g/mol. The summed E-state index contributed by atoms with van der Waals surface area (Å²) in [6.45, 7) is 2.93. The molecule has 0 aromatic carbocycles. The van der Waals surface area contributed by atoms with Crippen LogP contribution in [0.4, 0.5) is 19.0 Å². The number of nitrogens with zero attached hydrogens (tertiary/aromatic N) is 4. The Hall–Kier alpha value is -2.95. The molecule has 3 N–H and O–H groups in total. The van der Waals surface area contributed by atoms with Crippen LogP contribution in [0.2, 0.25) is 0 Å². The molecule has 0 aliphatic carbocycles. The SMILES string of the molecule is Cc1cc(NC2CCCN(CC(=O)O)C2)nnc1-c1ncc(C(F)(F)F)cc1O. The zero-order chi connectivity index (χ0) is 21.2. The van der Waals surface area contributed by atoms with Gasteiger partial charge in [-0.2, -0.15) is 13.2 Å². The van der Waals surface area contributed by atoms with Crippen molar-refractivity contribution < 1.29 is 28.2 Å². The van der Waals surface area contributed by atoms with Gasteiger partial charge in [0, 0.05) is 18.8 Å². The molecule has 0 amide bonds. The first kappa shape index (κ1) is 20.8. The second kappa shape index (κ2) is 8.19. The number of aromatic nitrogens is 3. The number of aliphatic carboxylic acids is 1. The van der Waals surface area contributed by atoms with Gasteiger partial charge < -0.3 is 15.5 Å². The third-order valence-corrected chi connectivity index (χ3v) is 4.62. The Morgan fingerprint density at radius 3 is 2.69 bits per heavy atom. The molecule has 1 unspecified atom stereocenters. The molecule has 2 aromatic heterocycles. The fourth-order valence-corrected chi connectivity index (χ4v) is 3.30. The molecule has 1 atom stereocenters. The highest BCUT2D eigenvalue weighted by molar-refractivity contribution is 5.69. The molecule has 29 heavy (non-hydrogen) atoms. The standard InChI is InChI=1S/C18H20F3N5O3/c1-10-5-14(23-12-3-2-4-26(8-12)9-15(28)29)24-25-16(10)17-13(27)6-11(7-22-17)18(19,20)21/h5-7,12,27H,2-4,8-9H2,1H3,(H,23,24)(H,28,29). The molecule has 2 aromatic rings. The van der Waals surface area contributed by atoms with Gasteiger partial charge in [0.25, 0.3) is 0 Å². The molecular weight excluding hydrogens is 391 g/mol. The maximum absolute atomic E-state index is 12.7. The second-order valence-corrected chi connectivity index (χ2v) is 6.96. The van der Waals surface area contributed by atoms with Crippen LogP contribution in [0.1, 0.15) is 24.0 Å². The molecule has 1 aliphatic rings. The van der Waals surface area contributed by atoms with E-state index in [-0.39, 0.29) is 24.0 Å². The van der Waals surface area contributed by atoms with E-state index in [2.05, 4.69) is 20.5 Å². The molecule has 0 radical (unpaired) electrons. The number of aryl methyl sites for hydroxylation is 1. The first-order chi connectivity index (χ1) is 13.6. The lowest BCUT2D eigenvalue weighted by Gasteiger charge is -2.32. The van der Waals surface area contributed by atoms with Crippen molar-refractivity contribution in [2.75, 3.05) is 25.0 Å². The lowest BCUT2D eigenvalue weighted by atomic mass is 10.1. The van der Waals surface area contributed by atoms with Crippen molar-refractivity contribution in [2.24, 2.45) is 0 Å². The van der Waals surface area contributed by atoms with E-state index in [0.29, 0.717) is 36.7 Å². The van der Waals surface area contributed by atoms with Crippen LogP contribution in [0, 0.1) is 6.92 Å². The van der Waals surface area contributed by atoms with Crippen LogP contribution in [-0.2, 0) is 11.0 Å². The Balaban J connectivity index is 1.75. The van der Waals surface area contributed by atoms with E-state index in [4.69, 9.17) is 5.11 Å². The molecular formula is C18H20F3N5O3. The normalized spacial score (nSPS) is 17.9. The number of piperidine rings is 1. The van der Waals surface area contributed by atoms with E-state index >= 15 is 0 Å². The Morgan fingerprint density at radius 1 is 1.31 bits per heavy atom. The van der Waals surface area contributed by atoms with Gasteiger partial charge in [-0.1, -0.05) is 0 Å². The molecule has 11 heteroatoms. The maximum Gasteiger partial charge on any atom is 0.418 e. The van der Waals surface area contributed by atoms with Gasteiger partial charge in [0.15, 0.2) is 0 Å². The van der Waals surface area contributed by atoms with Crippen LogP contribution in [0.3, 0.4) is 0 Å². The van der Waals surface area contributed by atoms with Gasteiger partial charge in [0.05, 0.1) is 12.1 Å². The average molecular weight is 411 g/mol. The van der Waals surface area contributed by atoms with Crippen LogP contribution >= 0.6 is 0 Å². The molecule has 0 bridgehead atoms. The van der Waals surface area contributed by atoms with E-state index in [1.54, 1.807) is 13.0 Å². The summed E-state index contributed by atoms with van der Waals surface area (Å²) in [5.74, 6) is -1.05. The number of nitrogens with one attached hydrogen (secondary N) is 1. The highest BCUT2D eigenvalue weighted by Crippen LogP contribution is 2.35. The number of pyridine rings is 1. The van der Waals surface area contributed by atoms with Crippen LogP contribution in [0.15, 0.2) is 18.3 Å². The fourth-order valence-electron chi connectivity index (χ4n) is 3.30. The molecule has 1 aliphatic heterocycles. The van der Waals surface area contributed by atoms with E-state index in [9.17, 15) is 23.1 Å². The number of hydrogen-bond acceptors (Lipinski definition) is 7. The van der Waals surface area contributed by atoms with E-state index < -0.39 is 23.5 Å². The van der Waals surface area contributed by atoms with Crippen molar-refractivity contribution in [2.45, 2.75) is 32.0 Å². The largest absolute Gasteiger partial charge is 0.506 e. The quantitative estimate of drug-likeness (QED) is 0.688. The number of carboxylic acid groups (broad SMARTS) is 1. The minimum Gasteiger partial charge on any atom is -0.506 e. The third-order valence-electron chi connectivity index (χ3n) is 4.62. The molecule has 3 heterocycles. The number of aromatic hydroxyl groups is 1. The van der Waals surface area contributed by atoms with Gasteiger partial charge >= 0.3 is 12.1 Å². The van der Waals surface area contributed by atoms with Gasteiger partial charge in [-0.3, -0.25) is 9.69 Å². The molecule has 0 saturated carbocycles. The summed E-state index contributed by atoms with van der Waals surface area (Å²) < 4.78 is 38.2. The lowest BCUT2D eigenvalue weighted by Crippen LogP contribution is -2.44. The summed E-state index contributed by atoms with van der Waals surface area (Å²) in [4.78, 5) is 16.4. The molecule has 0 spiro atoms. The summed E-state index contributed by atoms with van der Waals surface area (Å²) in [5.41, 5.74) is -0.383. The number of carbonyl (C=O) groups is 1. The van der Waals surface area contributed by atoms with E-state index in [1.165, 1.54) is 0 Å². The summed E-state index contributed by atoms with van der Waals surface area (Å²) in [6, 6.07) is 2.27. The second-order valence-electron chi connectivity index (χ2n) is 6.96. The van der Waals surface area contributed by atoms with Crippen molar-refractivity contribution in [1.82, 2.24) is 20.1 Å². The minimum atomic E-state index is -4.61. The van der Waals surface area contributed by atoms with Crippen molar-refractivity contribution in [1.29, 1.82) is 0 Å². The zero-order valence-corrected chi connectivity index (χ0v) is 15.6. The van der Waals surface area contributed by atoms with Crippen molar-refractivity contribution in [3.05, 3.63) is 29.5 Å². The molecule has 8 nitrogen and oxygen atoms in total. The molecule has 156 valence electrons. The zero-order valence-electron chi connectivity index (χ0n) is 15.6. The van der Waals surface area contributed by atoms with Gasteiger partial charge in [0.1, 0.15) is 23.0 Å². The Kier molecular flexibility index (Phi) is 5.87. The Bertz CT molecular complexity index is 907. The van der Waals surface area contributed by atoms with Gasteiger partial charge in [0.2, 0.25) is 0 Å². The van der Waals surface area contributed by atoms with Crippen LogP contribution in [-0.4, -0.2) is 61.9 Å². The summed E-state index contributed by atoms with van der Waals surface area (Å²) in [5, 5.41) is 30.1. The van der Waals surface area contributed by atoms with Crippen molar-refractivity contribution in [3.63, 3.8) is 0 Å². The number of anilines is 1. The van der Waals surface area contributed by atoms with Crippen molar-refractivity contribution >= 4 is 11.8 Å². The van der Waals surface area contributed by atoms with Crippen LogP contribution < -0.4 is 5.32 Å². The Morgan fingerprint density at radius 2 is 2.07 bits per heavy atom. The highest BCUT2D eigenvalue weighted by atomic mass is 19.4. The highest BCUT2D eigenvalue weighted by Gasteiger charge is 2.32. The first-order valence-electron chi connectivity index (χ1n) is 8.95. The molecule has 1 saturated heterocycles. The van der Waals surface area contributed by atoms with E-state index in [1.807, 2.05) is 4.90 Å². The maximum atomic E-state index is 12.7. The summed E-state index contributed by atoms with van der Waals surface area (Å²) in [6.07, 6.45) is -2.27. The van der Waals surface area contributed by atoms with E-state index in [0.717, 1.165) is 12.8 Å². The third kappa shape index (κ3) is 5.11. The lowest BCUT2D eigenvalue weighted by molar-refractivity contribution is -0.139. The first-order valence-corrected chi connectivity index (χ1v) is 8.95.